The number of hydrogen-bond donors (Lipinski definition) is 2. The molecule has 3 rings (SSSR count). The summed E-state index contributed by atoms with van der Waals surface area (Å²) in [5.41, 5.74) is 1.54. The van der Waals surface area contributed by atoms with Crippen LogP contribution in [0.1, 0.15) is 55.5 Å². The number of benzene rings is 1. The average molecular weight is 475 g/mol. The van der Waals surface area contributed by atoms with E-state index in [-0.39, 0.29) is 18.4 Å². The zero-order chi connectivity index (χ0) is 24.3. The van der Waals surface area contributed by atoms with Gasteiger partial charge in [0.1, 0.15) is 5.75 Å². The first-order chi connectivity index (χ1) is 16.5. The van der Waals surface area contributed by atoms with Crippen LogP contribution in [0.15, 0.2) is 18.2 Å². The van der Waals surface area contributed by atoms with E-state index < -0.39 is 0 Å². The Morgan fingerprint density at radius 2 is 1.85 bits per heavy atom. The summed E-state index contributed by atoms with van der Waals surface area (Å²) in [5.74, 6) is 1.32. The largest absolute Gasteiger partial charge is 0.493 e. The van der Waals surface area contributed by atoms with Crippen molar-refractivity contribution in [2.24, 2.45) is 5.92 Å². The highest BCUT2D eigenvalue weighted by Crippen LogP contribution is 2.27. The molecule has 1 saturated heterocycles. The molecule has 8 heteroatoms. The number of fused-ring (bicyclic) bond motifs is 1. The van der Waals surface area contributed by atoms with E-state index in [0.29, 0.717) is 57.4 Å². The molecule has 8 nitrogen and oxygen atoms in total. The number of ether oxygens (including phenoxy) is 1. The van der Waals surface area contributed by atoms with Gasteiger partial charge in [0.15, 0.2) is 0 Å². The Labute approximate surface area is 204 Å². The smallest absolute Gasteiger partial charge is 0.254 e. The minimum atomic E-state index is 0.0154. The Morgan fingerprint density at radius 3 is 2.59 bits per heavy atom. The van der Waals surface area contributed by atoms with Crippen LogP contribution in [0.5, 0.6) is 5.75 Å². The third kappa shape index (κ3) is 7.96. The first kappa shape index (κ1) is 26.4. The van der Waals surface area contributed by atoms with Gasteiger partial charge in [-0.3, -0.25) is 19.4 Å². The van der Waals surface area contributed by atoms with Gasteiger partial charge in [0.25, 0.3) is 5.91 Å². The highest BCUT2D eigenvalue weighted by molar-refractivity contribution is 5.96. The third-order valence-electron chi connectivity index (χ3n) is 6.61. The van der Waals surface area contributed by atoms with Gasteiger partial charge in [-0.1, -0.05) is 19.9 Å². The number of amides is 2. The summed E-state index contributed by atoms with van der Waals surface area (Å²) in [6.07, 6.45) is 3.82. The first-order valence-electron chi connectivity index (χ1n) is 12.8. The number of rotatable bonds is 6. The fourth-order valence-electron chi connectivity index (χ4n) is 4.50. The van der Waals surface area contributed by atoms with E-state index in [4.69, 9.17) is 4.74 Å². The zero-order valence-electron chi connectivity index (χ0n) is 20.9. The molecule has 0 unspecified atom stereocenters. The van der Waals surface area contributed by atoms with E-state index in [0.717, 1.165) is 56.6 Å². The monoisotopic (exact) mass is 474 g/mol. The molecule has 2 aliphatic heterocycles. The van der Waals surface area contributed by atoms with Crippen LogP contribution in [0.25, 0.3) is 0 Å². The van der Waals surface area contributed by atoms with Gasteiger partial charge in [0, 0.05) is 56.9 Å². The molecule has 1 fully saturated rings. The van der Waals surface area contributed by atoms with Crippen LogP contribution < -0.4 is 10.1 Å². The van der Waals surface area contributed by atoms with Crippen molar-refractivity contribution >= 4 is 11.8 Å². The van der Waals surface area contributed by atoms with Crippen LogP contribution in [-0.4, -0.2) is 97.2 Å². The van der Waals surface area contributed by atoms with Gasteiger partial charge in [-0.05, 0) is 50.3 Å². The highest BCUT2D eigenvalue weighted by Gasteiger charge is 2.26. The summed E-state index contributed by atoms with van der Waals surface area (Å²) in [6, 6.07) is 5.74. The van der Waals surface area contributed by atoms with Gasteiger partial charge < -0.3 is 20.1 Å². The lowest BCUT2D eigenvalue weighted by Crippen LogP contribution is -2.49. The molecule has 34 heavy (non-hydrogen) atoms. The van der Waals surface area contributed by atoms with E-state index in [9.17, 15) is 14.7 Å². The van der Waals surface area contributed by atoms with Crippen molar-refractivity contribution < 1.29 is 19.4 Å². The molecule has 190 valence electrons. The van der Waals surface area contributed by atoms with Gasteiger partial charge in [-0.15, -0.1) is 0 Å². The van der Waals surface area contributed by atoms with Crippen molar-refractivity contribution in [3.8, 4) is 5.75 Å². The topological polar surface area (TPSA) is 85.4 Å². The minimum absolute atomic E-state index is 0.0154. The third-order valence-corrected chi connectivity index (χ3v) is 6.61. The fourth-order valence-corrected chi connectivity index (χ4v) is 4.50. The second-order valence-electron chi connectivity index (χ2n) is 9.79. The second kappa shape index (κ2) is 13.7. The van der Waals surface area contributed by atoms with E-state index in [1.165, 1.54) is 0 Å². The molecular weight excluding hydrogens is 432 g/mol. The Bertz CT molecular complexity index is 793. The van der Waals surface area contributed by atoms with Crippen molar-refractivity contribution in [1.82, 2.24) is 20.0 Å². The molecular formula is C26H42N4O4. The van der Waals surface area contributed by atoms with Crippen LogP contribution in [0.4, 0.5) is 0 Å². The Kier molecular flexibility index (Phi) is 10.6. The van der Waals surface area contributed by atoms with E-state index >= 15 is 0 Å². The van der Waals surface area contributed by atoms with Crippen LogP contribution in [0.2, 0.25) is 0 Å². The van der Waals surface area contributed by atoms with Crippen molar-refractivity contribution in [3.63, 3.8) is 0 Å². The molecule has 0 bridgehead atoms. The van der Waals surface area contributed by atoms with Crippen molar-refractivity contribution in [2.45, 2.75) is 46.1 Å². The molecule has 0 aliphatic carbocycles. The van der Waals surface area contributed by atoms with Gasteiger partial charge in [0.05, 0.1) is 19.8 Å². The lowest BCUT2D eigenvalue weighted by atomic mass is 10.0. The Balaban J connectivity index is 1.85. The van der Waals surface area contributed by atoms with Crippen LogP contribution in [-0.2, 0) is 11.3 Å². The predicted octanol–water partition coefficient (Wildman–Crippen LogP) is 1.96. The summed E-state index contributed by atoms with van der Waals surface area (Å²) in [6.45, 7) is 10.8. The lowest BCUT2D eigenvalue weighted by Gasteiger charge is -2.35. The first-order valence-corrected chi connectivity index (χ1v) is 12.8. The fraction of sp³-hybridized carbons (Fsp3) is 0.692. The molecule has 0 atom stereocenters. The van der Waals surface area contributed by atoms with Crippen LogP contribution in [0, 0.1) is 5.92 Å². The van der Waals surface area contributed by atoms with Gasteiger partial charge in [-0.2, -0.15) is 0 Å². The lowest BCUT2D eigenvalue weighted by molar-refractivity contribution is -0.122. The van der Waals surface area contributed by atoms with Crippen LogP contribution >= 0.6 is 0 Å². The van der Waals surface area contributed by atoms with Crippen LogP contribution in [0.3, 0.4) is 0 Å². The minimum Gasteiger partial charge on any atom is -0.493 e. The summed E-state index contributed by atoms with van der Waals surface area (Å²) in [5, 5.41) is 12.3. The van der Waals surface area contributed by atoms with E-state index in [2.05, 4.69) is 29.0 Å². The SMILES string of the molecule is CC(C)CCN1CC(=O)NCCCCCOc2cccc(C(=O)N3CCN(CCO)CC3)c2C1. The molecule has 2 heterocycles. The number of nitrogens with zero attached hydrogens (tertiary/aromatic N) is 3. The normalized spacial score (nSPS) is 19.4. The maximum absolute atomic E-state index is 13.6. The Morgan fingerprint density at radius 1 is 1.06 bits per heavy atom. The number of aliphatic hydroxyl groups excluding tert-OH is 1. The van der Waals surface area contributed by atoms with E-state index in [1.54, 1.807) is 0 Å². The molecule has 0 aromatic heterocycles. The molecule has 1 aromatic rings. The number of nitrogens with one attached hydrogen (secondary N) is 1. The number of carbonyl (C=O) groups is 2. The number of carbonyl (C=O) groups excluding carboxylic acids is 2. The molecule has 0 saturated carbocycles. The quantitative estimate of drug-likeness (QED) is 0.656. The summed E-state index contributed by atoms with van der Waals surface area (Å²) in [7, 11) is 0. The Hall–Kier alpha value is -2.16. The maximum Gasteiger partial charge on any atom is 0.254 e. The van der Waals surface area contributed by atoms with Crippen molar-refractivity contribution in [3.05, 3.63) is 29.3 Å². The standard InChI is InChI=1S/C26H42N4O4/c1-21(2)9-11-29-19-23-22(26(33)30-14-12-28(13-15-30)16-17-31)7-6-8-24(23)34-18-5-3-4-10-27-25(32)20-29/h6-8,21,31H,3-5,9-20H2,1-2H3,(H,27,32). The summed E-state index contributed by atoms with van der Waals surface area (Å²) >= 11 is 0. The highest BCUT2D eigenvalue weighted by atomic mass is 16.5. The molecule has 2 aliphatic rings. The van der Waals surface area contributed by atoms with Crippen molar-refractivity contribution in [1.29, 1.82) is 0 Å². The van der Waals surface area contributed by atoms with Crippen molar-refractivity contribution in [2.75, 3.05) is 65.6 Å². The molecule has 2 N–H and O–H groups in total. The van der Waals surface area contributed by atoms with Gasteiger partial charge >= 0.3 is 0 Å². The maximum atomic E-state index is 13.6. The summed E-state index contributed by atoms with van der Waals surface area (Å²) in [4.78, 5) is 32.4. The predicted molar refractivity (Wildman–Crippen MR) is 133 cm³/mol. The molecule has 0 radical (unpaired) electrons. The van der Waals surface area contributed by atoms with E-state index in [1.807, 2.05) is 23.1 Å². The number of piperazine rings is 1. The number of β-amino-alcohol motifs (C(OH)–C–C–N with tert-alkyl or cyclic N) is 1. The summed E-state index contributed by atoms with van der Waals surface area (Å²) < 4.78 is 6.19. The second-order valence-corrected chi connectivity index (χ2v) is 9.79. The molecule has 2 amide bonds. The average Bonchev–Trinajstić information content (AvgIpc) is 2.84. The molecule has 1 aromatic carbocycles. The zero-order valence-corrected chi connectivity index (χ0v) is 20.9. The van der Waals surface area contributed by atoms with Gasteiger partial charge in [0.2, 0.25) is 5.91 Å². The van der Waals surface area contributed by atoms with Gasteiger partial charge in [-0.25, -0.2) is 0 Å². The molecule has 0 spiro atoms. The number of hydrogen-bond acceptors (Lipinski definition) is 6. The number of aliphatic hydroxyl groups is 1.